The Bertz CT molecular complexity index is 259. The fourth-order valence-electron chi connectivity index (χ4n) is 1.07. The third-order valence-electron chi connectivity index (χ3n) is 1.78. The Kier molecular flexibility index (Phi) is 3.51. The molecule has 8 heteroatoms. The molecule has 1 rings (SSSR count). The average Bonchev–Trinajstić information content (AvgIpc) is 2.64. The van der Waals surface area contributed by atoms with Crippen LogP contribution in [-0.4, -0.2) is 30.7 Å². The summed E-state index contributed by atoms with van der Waals surface area (Å²) in [7, 11) is 0. The Morgan fingerprint density at radius 2 is 1.93 bits per heavy atom. The molecule has 0 aromatic carbocycles. The number of halogens is 3. The molecule has 0 spiro atoms. The van der Waals surface area contributed by atoms with Gasteiger partial charge in [0.25, 0.3) is 0 Å². The molecule has 1 saturated heterocycles. The van der Waals surface area contributed by atoms with Gasteiger partial charge < -0.3 is 5.32 Å². The number of carbonyl (C=O) groups is 2. The number of alkyl halides is 3. The van der Waals surface area contributed by atoms with E-state index in [2.05, 4.69) is 15.1 Å². The third-order valence-corrected chi connectivity index (χ3v) is 1.78. The van der Waals surface area contributed by atoms with Crippen molar-refractivity contribution in [2.45, 2.75) is 25.1 Å². The van der Waals surface area contributed by atoms with Crippen molar-refractivity contribution in [1.29, 1.82) is 0 Å². The molecule has 86 valence electrons. The van der Waals surface area contributed by atoms with Crippen molar-refractivity contribution in [3.8, 4) is 0 Å². The molecule has 1 N–H and O–H groups in total. The van der Waals surface area contributed by atoms with Gasteiger partial charge in [0, 0.05) is 0 Å². The fraction of sp³-hybridized carbons (Fsp3) is 0.714. The largest absolute Gasteiger partial charge is 0.495 e. The van der Waals surface area contributed by atoms with Crippen LogP contribution in [0.5, 0.6) is 0 Å². The van der Waals surface area contributed by atoms with Crippen LogP contribution in [0.15, 0.2) is 0 Å². The van der Waals surface area contributed by atoms with Crippen molar-refractivity contribution in [3.63, 3.8) is 0 Å². The van der Waals surface area contributed by atoms with Crippen LogP contribution >= 0.6 is 0 Å². The molecule has 1 aliphatic heterocycles. The van der Waals surface area contributed by atoms with Gasteiger partial charge in [-0.1, -0.05) is 0 Å². The minimum atomic E-state index is -5.16. The van der Waals surface area contributed by atoms with E-state index in [0.29, 0.717) is 19.4 Å². The summed E-state index contributed by atoms with van der Waals surface area (Å²) >= 11 is 0. The average molecular weight is 227 g/mol. The molecule has 0 aliphatic carbocycles. The first-order valence-electron chi connectivity index (χ1n) is 4.14. The highest BCUT2D eigenvalue weighted by Crippen LogP contribution is 2.17. The molecular formula is C7H8F3NO4. The molecule has 1 fully saturated rings. The fourth-order valence-corrected chi connectivity index (χ4v) is 1.07. The van der Waals surface area contributed by atoms with E-state index in [1.165, 1.54) is 0 Å². The molecule has 0 bridgehead atoms. The quantitative estimate of drug-likeness (QED) is 0.515. The number of hydrogen-bond donors (Lipinski definition) is 1. The van der Waals surface area contributed by atoms with Gasteiger partial charge in [-0.15, -0.1) is 0 Å². The maximum Gasteiger partial charge on any atom is 0.495 e. The van der Waals surface area contributed by atoms with E-state index in [1.807, 2.05) is 0 Å². The summed E-state index contributed by atoms with van der Waals surface area (Å²) in [6.45, 7) is 0.576. The van der Waals surface area contributed by atoms with Gasteiger partial charge in [0.15, 0.2) is 0 Å². The Labute approximate surface area is 82.4 Å². The van der Waals surface area contributed by atoms with E-state index in [9.17, 15) is 22.8 Å². The van der Waals surface area contributed by atoms with Crippen LogP contribution in [-0.2, 0) is 19.4 Å². The van der Waals surface area contributed by atoms with Crippen molar-refractivity contribution in [3.05, 3.63) is 0 Å². The molecule has 0 unspecified atom stereocenters. The first kappa shape index (κ1) is 11.8. The predicted molar refractivity (Wildman–Crippen MR) is 39.3 cm³/mol. The lowest BCUT2D eigenvalue weighted by atomic mass is 10.2. The lowest BCUT2D eigenvalue weighted by molar-refractivity contribution is -0.286. The lowest BCUT2D eigenvalue weighted by Crippen LogP contribution is -2.34. The van der Waals surface area contributed by atoms with Crippen molar-refractivity contribution in [2.24, 2.45) is 0 Å². The van der Waals surface area contributed by atoms with Crippen LogP contribution in [0.1, 0.15) is 12.8 Å². The highest BCUT2D eigenvalue weighted by Gasteiger charge is 2.43. The molecule has 15 heavy (non-hydrogen) atoms. The summed E-state index contributed by atoms with van der Waals surface area (Å²) in [6.07, 6.45) is -4.00. The van der Waals surface area contributed by atoms with Gasteiger partial charge in [-0.05, 0) is 19.4 Å². The zero-order valence-electron chi connectivity index (χ0n) is 7.47. The van der Waals surface area contributed by atoms with Gasteiger partial charge in [0.2, 0.25) is 0 Å². The summed E-state index contributed by atoms with van der Waals surface area (Å²) in [5.41, 5.74) is 0. The Morgan fingerprint density at radius 1 is 1.27 bits per heavy atom. The number of nitrogens with one attached hydrogen (secondary N) is 1. The second-order valence-electron chi connectivity index (χ2n) is 2.92. The van der Waals surface area contributed by atoms with Crippen LogP contribution in [0.3, 0.4) is 0 Å². The van der Waals surface area contributed by atoms with Crippen molar-refractivity contribution in [2.75, 3.05) is 6.54 Å². The zero-order chi connectivity index (χ0) is 11.5. The summed E-state index contributed by atoms with van der Waals surface area (Å²) < 4.78 is 34.8. The topological polar surface area (TPSA) is 64.6 Å². The van der Waals surface area contributed by atoms with Gasteiger partial charge in [0.05, 0.1) is 0 Å². The van der Waals surface area contributed by atoms with E-state index in [4.69, 9.17) is 0 Å². The maximum atomic E-state index is 11.6. The molecule has 1 atom stereocenters. The predicted octanol–water partition coefficient (Wildman–Crippen LogP) is 0.302. The van der Waals surface area contributed by atoms with Crippen molar-refractivity contribution < 1.29 is 32.5 Å². The minimum absolute atomic E-state index is 0.447. The van der Waals surface area contributed by atoms with Crippen molar-refractivity contribution >= 4 is 11.9 Å². The second kappa shape index (κ2) is 4.47. The summed E-state index contributed by atoms with van der Waals surface area (Å²) in [6, 6.07) is -0.703. The van der Waals surface area contributed by atoms with E-state index in [1.54, 1.807) is 0 Å². The first-order chi connectivity index (χ1) is 6.91. The summed E-state index contributed by atoms with van der Waals surface area (Å²) in [4.78, 5) is 28.2. The Hall–Kier alpha value is -1.31. The van der Waals surface area contributed by atoms with Gasteiger partial charge in [-0.3, -0.25) is 0 Å². The minimum Gasteiger partial charge on any atom is -0.304 e. The molecule has 0 aromatic rings. The van der Waals surface area contributed by atoms with Crippen LogP contribution in [0.25, 0.3) is 0 Å². The Morgan fingerprint density at radius 3 is 2.40 bits per heavy atom. The monoisotopic (exact) mass is 227 g/mol. The van der Waals surface area contributed by atoms with Crippen LogP contribution in [0, 0.1) is 0 Å². The molecular weight excluding hydrogens is 219 g/mol. The van der Waals surface area contributed by atoms with Crippen LogP contribution in [0.2, 0.25) is 0 Å². The van der Waals surface area contributed by atoms with E-state index >= 15 is 0 Å². The van der Waals surface area contributed by atoms with Crippen LogP contribution < -0.4 is 5.32 Å². The van der Waals surface area contributed by atoms with Gasteiger partial charge in [-0.25, -0.2) is 19.4 Å². The highest BCUT2D eigenvalue weighted by molar-refractivity contribution is 5.79. The highest BCUT2D eigenvalue weighted by atomic mass is 19.4. The van der Waals surface area contributed by atoms with E-state index in [-0.39, 0.29) is 0 Å². The molecule has 0 aromatic heterocycles. The van der Waals surface area contributed by atoms with Crippen LogP contribution in [0.4, 0.5) is 13.2 Å². The number of hydrogen-bond acceptors (Lipinski definition) is 5. The molecule has 0 amide bonds. The van der Waals surface area contributed by atoms with Gasteiger partial charge >= 0.3 is 18.1 Å². The Balaban J connectivity index is 2.30. The van der Waals surface area contributed by atoms with Gasteiger partial charge in [-0.2, -0.15) is 13.2 Å². The molecule has 1 heterocycles. The third kappa shape index (κ3) is 3.39. The van der Waals surface area contributed by atoms with Crippen molar-refractivity contribution in [1.82, 2.24) is 5.32 Å². The SMILES string of the molecule is O=C(OOC(=O)C(F)(F)F)[C@@H]1CCCN1. The zero-order valence-corrected chi connectivity index (χ0v) is 7.47. The summed E-state index contributed by atoms with van der Waals surface area (Å²) in [5, 5.41) is 2.67. The molecule has 1 aliphatic rings. The van der Waals surface area contributed by atoms with E-state index in [0.717, 1.165) is 0 Å². The molecule has 5 nitrogen and oxygen atoms in total. The van der Waals surface area contributed by atoms with Gasteiger partial charge in [0.1, 0.15) is 6.04 Å². The molecule has 0 saturated carbocycles. The summed E-state index contributed by atoms with van der Waals surface area (Å²) in [5.74, 6) is -3.57. The first-order valence-corrected chi connectivity index (χ1v) is 4.14. The maximum absolute atomic E-state index is 11.6. The smallest absolute Gasteiger partial charge is 0.304 e. The number of carbonyl (C=O) groups excluding carboxylic acids is 2. The van der Waals surface area contributed by atoms with E-state index < -0.39 is 24.2 Å². The molecule has 0 radical (unpaired) electrons. The normalized spacial score (nSPS) is 21.1. The second-order valence-corrected chi connectivity index (χ2v) is 2.92. The standard InChI is InChI=1S/C7H8F3NO4/c8-7(9,10)6(13)15-14-5(12)4-2-1-3-11-4/h4,11H,1-3H2/t4-/m0/s1. The number of rotatable bonds is 1. The lowest BCUT2D eigenvalue weighted by Gasteiger charge is -2.08.